The van der Waals surface area contributed by atoms with E-state index in [2.05, 4.69) is 26.4 Å². The molecular weight excluding hydrogens is 326 g/mol. The lowest BCUT2D eigenvalue weighted by molar-refractivity contribution is -0.135. The molecule has 0 unspecified atom stereocenters. The molecule has 8 heteroatoms. The summed E-state index contributed by atoms with van der Waals surface area (Å²) >= 11 is 1.80. The van der Waals surface area contributed by atoms with Gasteiger partial charge in [0.2, 0.25) is 5.91 Å². The van der Waals surface area contributed by atoms with Crippen LogP contribution in [0.25, 0.3) is 0 Å². The van der Waals surface area contributed by atoms with Crippen molar-refractivity contribution in [3.05, 3.63) is 34.5 Å². The van der Waals surface area contributed by atoms with Gasteiger partial charge >= 0.3 is 0 Å². The molecule has 0 bridgehead atoms. The number of hydrogen-bond donors (Lipinski definition) is 0. The fourth-order valence-electron chi connectivity index (χ4n) is 3.32. The van der Waals surface area contributed by atoms with Gasteiger partial charge in [0.05, 0.1) is 25.8 Å². The summed E-state index contributed by atoms with van der Waals surface area (Å²) in [4.78, 5) is 22.2. The Morgan fingerprint density at radius 2 is 2.38 bits per heavy atom. The SMILES string of the molecule is O=C(CN1CCO[C@@H](Cn2cncn2)C1)N1CCc2sccc2C1. The van der Waals surface area contributed by atoms with E-state index in [0.29, 0.717) is 19.7 Å². The van der Waals surface area contributed by atoms with Crippen LogP contribution >= 0.6 is 11.3 Å². The zero-order chi connectivity index (χ0) is 16.4. The van der Waals surface area contributed by atoms with Crippen molar-refractivity contribution in [3.8, 4) is 0 Å². The molecule has 1 saturated heterocycles. The monoisotopic (exact) mass is 347 g/mol. The number of rotatable bonds is 4. The fraction of sp³-hybridized carbons (Fsp3) is 0.562. The maximum absolute atomic E-state index is 12.6. The summed E-state index contributed by atoms with van der Waals surface area (Å²) in [5.41, 5.74) is 1.31. The second-order valence-electron chi connectivity index (χ2n) is 6.28. The molecule has 1 amide bonds. The van der Waals surface area contributed by atoms with E-state index in [1.165, 1.54) is 16.8 Å². The van der Waals surface area contributed by atoms with Crippen molar-refractivity contribution in [2.45, 2.75) is 25.6 Å². The highest BCUT2D eigenvalue weighted by Gasteiger charge is 2.26. The van der Waals surface area contributed by atoms with Crippen molar-refractivity contribution >= 4 is 17.2 Å². The summed E-state index contributed by atoms with van der Waals surface area (Å²) in [6.07, 6.45) is 4.26. The minimum absolute atomic E-state index is 0.0538. The molecule has 1 atom stereocenters. The van der Waals surface area contributed by atoms with E-state index in [1.54, 1.807) is 22.3 Å². The fourth-order valence-corrected chi connectivity index (χ4v) is 4.21. The lowest BCUT2D eigenvalue weighted by Crippen LogP contribution is -2.49. The Labute approximate surface area is 144 Å². The molecule has 24 heavy (non-hydrogen) atoms. The van der Waals surface area contributed by atoms with Crippen molar-refractivity contribution < 1.29 is 9.53 Å². The second kappa shape index (κ2) is 7.00. The number of fused-ring (bicyclic) bond motifs is 1. The van der Waals surface area contributed by atoms with Crippen LogP contribution in [-0.4, -0.2) is 69.4 Å². The highest BCUT2D eigenvalue weighted by atomic mass is 32.1. The van der Waals surface area contributed by atoms with Gasteiger partial charge in [0, 0.05) is 31.1 Å². The third-order valence-electron chi connectivity index (χ3n) is 4.60. The highest BCUT2D eigenvalue weighted by Crippen LogP contribution is 2.24. The van der Waals surface area contributed by atoms with Crippen LogP contribution in [0, 0.1) is 0 Å². The Kier molecular flexibility index (Phi) is 4.59. The lowest BCUT2D eigenvalue weighted by atomic mass is 10.1. The molecule has 4 heterocycles. The molecule has 0 aromatic carbocycles. The molecule has 4 rings (SSSR count). The quantitative estimate of drug-likeness (QED) is 0.812. The summed E-state index contributed by atoms with van der Waals surface area (Å²) < 4.78 is 7.57. The Hall–Kier alpha value is -1.77. The average molecular weight is 347 g/mol. The Morgan fingerprint density at radius 1 is 1.42 bits per heavy atom. The first-order valence-electron chi connectivity index (χ1n) is 8.27. The standard InChI is InChI=1S/C16H21N5O2S/c22-16(20-3-1-15-13(7-20)2-6-24-15)10-19-4-5-23-14(8-19)9-21-12-17-11-18-21/h2,6,11-12,14H,1,3-5,7-10H2/t14-/m1/s1. The van der Waals surface area contributed by atoms with E-state index < -0.39 is 0 Å². The molecule has 1 fully saturated rings. The van der Waals surface area contributed by atoms with Gasteiger partial charge in [0.1, 0.15) is 12.7 Å². The Bertz CT molecular complexity index is 686. The van der Waals surface area contributed by atoms with Crippen molar-refractivity contribution in [3.63, 3.8) is 0 Å². The summed E-state index contributed by atoms with van der Waals surface area (Å²) in [7, 11) is 0. The molecule has 2 aliphatic rings. The van der Waals surface area contributed by atoms with Crippen molar-refractivity contribution in [1.29, 1.82) is 0 Å². The molecule has 2 aliphatic heterocycles. The first kappa shape index (κ1) is 15.7. The topological polar surface area (TPSA) is 63.5 Å². The smallest absolute Gasteiger partial charge is 0.237 e. The number of carbonyl (C=O) groups is 1. The molecule has 2 aromatic rings. The van der Waals surface area contributed by atoms with Gasteiger partial charge in [-0.05, 0) is 23.4 Å². The number of hydrogen-bond acceptors (Lipinski definition) is 6. The van der Waals surface area contributed by atoms with Gasteiger partial charge in [-0.15, -0.1) is 11.3 Å². The number of thiophene rings is 1. The van der Waals surface area contributed by atoms with E-state index in [1.807, 2.05) is 4.90 Å². The highest BCUT2D eigenvalue weighted by molar-refractivity contribution is 7.10. The molecule has 0 radical (unpaired) electrons. The average Bonchev–Trinajstić information content (AvgIpc) is 3.25. The summed E-state index contributed by atoms with van der Waals surface area (Å²) in [6, 6.07) is 2.14. The zero-order valence-corrected chi connectivity index (χ0v) is 14.3. The number of carbonyl (C=O) groups excluding carboxylic acids is 1. The zero-order valence-electron chi connectivity index (χ0n) is 13.5. The van der Waals surface area contributed by atoms with Crippen molar-refractivity contribution in [2.75, 3.05) is 32.8 Å². The summed E-state index contributed by atoms with van der Waals surface area (Å²) in [5.74, 6) is 0.216. The normalized spacial score (nSPS) is 21.7. The molecule has 0 N–H and O–H groups in total. The van der Waals surface area contributed by atoms with E-state index in [9.17, 15) is 4.79 Å². The largest absolute Gasteiger partial charge is 0.374 e. The van der Waals surface area contributed by atoms with Gasteiger partial charge in [-0.2, -0.15) is 5.10 Å². The van der Waals surface area contributed by atoms with Crippen molar-refractivity contribution in [2.24, 2.45) is 0 Å². The Morgan fingerprint density at radius 3 is 3.25 bits per heavy atom. The number of nitrogens with zero attached hydrogens (tertiary/aromatic N) is 5. The van der Waals surface area contributed by atoms with Crippen LogP contribution < -0.4 is 0 Å². The van der Waals surface area contributed by atoms with E-state index in [-0.39, 0.29) is 12.0 Å². The number of ether oxygens (including phenoxy) is 1. The van der Waals surface area contributed by atoms with Crippen LogP contribution in [0.4, 0.5) is 0 Å². The third-order valence-corrected chi connectivity index (χ3v) is 5.62. The number of amides is 1. The van der Waals surface area contributed by atoms with Crippen LogP contribution in [-0.2, 0) is 29.0 Å². The van der Waals surface area contributed by atoms with Gasteiger partial charge in [-0.3, -0.25) is 14.4 Å². The van der Waals surface area contributed by atoms with Gasteiger partial charge in [-0.1, -0.05) is 0 Å². The van der Waals surface area contributed by atoms with Gasteiger partial charge < -0.3 is 9.64 Å². The summed E-state index contributed by atoms with van der Waals surface area (Å²) in [5, 5.41) is 6.24. The van der Waals surface area contributed by atoms with Crippen LogP contribution in [0.15, 0.2) is 24.1 Å². The first-order valence-corrected chi connectivity index (χ1v) is 9.15. The van der Waals surface area contributed by atoms with Crippen molar-refractivity contribution in [1.82, 2.24) is 24.6 Å². The number of aromatic nitrogens is 3. The van der Waals surface area contributed by atoms with E-state index >= 15 is 0 Å². The molecule has 2 aromatic heterocycles. The molecule has 0 aliphatic carbocycles. The molecular formula is C16H21N5O2S. The predicted octanol–water partition coefficient (Wildman–Crippen LogP) is 0.625. The first-order chi connectivity index (χ1) is 11.8. The Balaban J connectivity index is 1.31. The second-order valence-corrected chi connectivity index (χ2v) is 7.28. The third kappa shape index (κ3) is 3.50. The van der Waals surface area contributed by atoms with Gasteiger partial charge in [0.15, 0.2) is 0 Å². The molecule has 128 valence electrons. The minimum Gasteiger partial charge on any atom is -0.374 e. The van der Waals surface area contributed by atoms with E-state index in [0.717, 1.165) is 32.6 Å². The summed E-state index contributed by atoms with van der Waals surface area (Å²) in [6.45, 7) is 4.94. The van der Waals surface area contributed by atoms with Crippen LogP contribution in [0.3, 0.4) is 0 Å². The molecule has 0 spiro atoms. The van der Waals surface area contributed by atoms with Gasteiger partial charge in [0.25, 0.3) is 0 Å². The minimum atomic E-state index is 0.0538. The van der Waals surface area contributed by atoms with E-state index in [4.69, 9.17) is 4.74 Å². The lowest BCUT2D eigenvalue weighted by Gasteiger charge is -2.34. The van der Waals surface area contributed by atoms with Gasteiger partial charge in [-0.25, -0.2) is 4.98 Å². The van der Waals surface area contributed by atoms with Crippen LogP contribution in [0.2, 0.25) is 0 Å². The van der Waals surface area contributed by atoms with Crippen LogP contribution in [0.1, 0.15) is 10.4 Å². The molecule has 0 saturated carbocycles. The maximum Gasteiger partial charge on any atom is 0.237 e. The predicted molar refractivity (Wildman–Crippen MR) is 89.6 cm³/mol. The molecule has 7 nitrogen and oxygen atoms in total. The van der Waals surface area contributed by atoms with Crippen LogP contribution in [0.5, 0.6) is 0 Å². The maximum atomic E-state index is 12.6. The number of morpholine rings is 1.